The Morgan fingerprint density at radius 1 is 1.29 bits per heavy atom. The molecule has 1 aromatic carbocycles. The van der Waals surface area contributed by atoms with Crippen LogP contribution in [0.4, 0.5) is 5.69 Å². The smallest absolute Gasteiger partial charge is 0.320 e. The molecule has 0 bridgehead atoms. The summed E-state index contributed by atoms with van der Waals surface area (Å²) in [6, 6.07) is 4.31. The maximum Gasteiger partial charge on any atom is 0.320 e. The van der Waals surface area contributed by atoms with E-state index in [1.165, 1.54) is 0 Å². The summed E-state index contributed by atoms with van der Waals surface area (Å²) in [4.78, 5) is 22.8. The first-order valence-corrected chi connectivity index (χ1v) is 6.63. The van der Waals surface area contributed by atoms with E-state index >= 15 is 0 Å². The molecule has 0 fully saturated rings. The van der Waals surface area contributed by atoms with E-state index in [0.717, 1.165) is 0 Å². The molecule has 0 aromatic heterocycles. The summed E-state index contributed by atoms with van der Waals surface area (Å²) in [5, 5.41) is 14.4. The number of amides is 1. The van der Waals surface area contributed by atoms with Gasteiger partial charge in [-0.05, 0) is 18.1 Å². The Morgan fingerprint density at radius 2 is 2.00 bits per heavy atom. The third-order valence-corrected chi connectivity index (χ3v) is 3.07. The predicted molar refractivity (Wildman–Crippen MR) is 75.5 cm³/mol. The van der Waals surface area contributed by atoms with Crippen molar-refractivity contribution >= 4 is 17.6 Å². The summed E-state index contributed by atoms with van der Waals surface area (Å²) in [6.45, 7) is 3.65. The molecule has 0 spiro atoms. The van der Waals surface area contributed by atoms with E-state index in [-0.39, 0.29) is 25.2 Å². The Balaban J connectivity index is 1.88. The van der Waals surface area contributed by atoms with E-state index < -0.39 is 12.0 Å². The molecule has 3 N–H and O–H groups in total. The first-order valence-electron chi connectivity index (χ1n) is 6.63. The summed E-state index contributed by atoms with van der Waals surface area (Å²) in [5.74, 6) is -0.189. The Hall–Kier alpha value is -2.28. The van der Waals surface area contributed by atoms with Crippen LogP contribution in [0.3, 0.4) is 0 Å². The molecule has 1 aliphatic heterocycles. The van der Waals surface area contributed by atoms with Crippen LogP contribution in [0.2, 0.25) is 0 Å². The quantitative estimate of drug-likeness (QED) is 0.725. The van der Waals surface area contributed by atoms with E-state index in [0.29, 0.717) is 17.2 Å². The molecule has 2 rings (SSSR count). The number of carboxylic acid groups (broad SMARTS) is 1. The van der Waals surface area contributed by atoms with Gasteiger partial charge in [0.25, 0.3) is 0 Å². The number of carbonyl (C=O) groups excluding carboxylic acids is 1. The molecule has 0 radical (unpaired) electrons. The summed E-state index contributed by atoms with van der Waals surface area (Å²) in [7, 11) is 0. The van der Waals surface area contributed by atoms with E-state index in [1.807, 2.05) is 0 Å². The van der Waals surface area contributed by atoms with E-state index in [1.54, 1.807) is 32.0 Å². The minimum absolute atomic E-state index is 0.0798. The number of hydrogen-bond acceptors (Lipinski definition) is 5. The van der Waals surface area contributed by atoms with Crippen LogP contribution in [0, 0.1) is 5.92 Å². The van der Waals surface area contributed by atoms with Crippen LogP contribution in [-0.2, 0) is 9.59 Å². The zero-order chi connectivity index (χ0) is 15.4. The highest BCUT2D eigenvalue weighted by Gasteiger charge is 2.21. The topological polar surface area (TPSA) is 96.9 Å². The van der Waals surface area contributed by atoms with Crippen LogP contribution in [0.15, 0.2) is 18.2 Å². The zero-order valence-corrected chi connectivity index (χ0v) is 11.9. The number of hydrogen-bond donors (Lipinski definition) is 3. The molecule has 7 nitrogen and oxygen atoms in total. The lowest BCUT2D eigenvalue weighted by Gasteiger charge is -2.17. The predicted octanol–water partition coefficient (Wildman–Crippen LogP) is 1.05. The van der Waals surface area contributed by atoms with Crippen molar-refractivity contribution in [3.8, 4) is 11.5 Å². The molecule has 0 saturated carbocycles. The van der Waals surface area contributed by atoms with Crippen molar-refractivity contribution in [2.24, 2.45) is 5.92 Å². The van der Waals surface area contributed by atoms with Gasteiger partial charge in [-0.3, -0.25) is 14.9 Å². The van der Waals surface area contributed by atoms with Gasteiger partial charge < -0.3 is 19.9 Å². The summed E-state index contributed by atoms with van der Waals surface area (Å²) in [5.41, 5.74) is 0.572. The van der Waals surface area contributed by atoms with Crippen LogP contribution < -0.4 is 20.1 Å². The number of anilines is 1. The Kier molecular flexibility index (Phi) is 4.64. The Morgan fingerprint density at radius 3 is 2.67 bits per heavy atom. The normalized spacial score (nSPS) is 14.0. The Labute approximate surface area is 122 Å². The summed E-state index contributed by atoms with van der Waals surface area (Å²) < 4.78 is 10.4. The van der Waals surface area contributed by atoms with Crippen LogP contribution in [0.25, 0.3) is 0 Å². The average molecular weight is 294 g/mol. The molecule has 21 heavy (non-hydrogen) atoms. The minimum atomic E-state index is -0.971. The average Bonchev–Trinajstić information content (AvgIpc) is 2.85. The molecule has 1 amide bonds. The fourth-order valence-corrected chi connectivity index (χ4v) is 1.99. The zero-order valence-electron chi connectivity index (χ0n) is 11.9. The van der Waals surface area contributed by atoms with Crippen molar-refractivity contribution in [1.29, 1.82) is 0 Å². The number of benzene rings is 1. The molecule has 114 valence electrons. The molecule has 1 unspecified atom stereocenters. The number of fused-ring (bicyclic) bond motifs is 1. The van der Waals surface area contributed by atoms with Gasteiger partial charge in [-0.15, -0.1) is 0 Å². The first kappa shape index (κ1) is 15.1. The SMILES string of the molecule is CC(C)C(NCC(=O)Nc1ccc2c(c1)OCO2)C(=O)O. The van der Waals surface area contributed by atoms with Crippen LogP contribution >= 0.6 is 0 Å². The van der Waals surface area contributed by atoms with Gasteiger partial charge in [0.1, 0.15) is 6.04 Å². The number of rotatable bonds is 6. The number of carbonyl (C=O) groups is 2. The third-order valence-electron chi connectivity index (χ3n) is 3.07. The van der Waals surface area contributed by atoms with Gasteiger partial charge in [-0.25, -0.2) is 0 Å². The minimum Gasteiger partial charge on any atom is -0.480 e. The number of carboxylic acids is 1. The van der Waals surface area contributed by atoms with Crippen molar-refractivity contribution < 1.29 is 24.2 Å². The van der Waals surface area contributed by atoms with Gasteiger partial charge in [-0.2, -0.15) is 0 Å². The van der Waals surface area contributed by atoms with Gasteiger partial charge in [0, 0.05) is 11.8 Å². The third kappa shape index (κ3) is 3.85. The first-order chi connectivity index (χ1) is 9.97. The highest BCUT2D eigenvalue weighted by atomic mass is 16.7. The second-order valence-corrected chi connectivity index (χ2v) is 5.06. The molecule has 1 aromatic rings. The maximum absolute atomic E-state index is 11.8. The molecule has 7 heteroatoms. The molecule has 0 saturated heterocycles. The molecular formula is C14H18N2O5. The summed E-state index contributed by atoms with van der Waals surface area (Å²) in [6.07, 6.45) is 0. The van der Waals surface area contributed by atoms with Crippen LogP contribution in [0.5, 0.6) is 11.5 Å². The molecule has 0 aliphatic carbocycles. The fraction of sp³-hybridized carbons (Fsp3) is 0.429. The lowest BCUT2D eigenvalue weighted by Crippen LogP contribution is -2.44. The molecule has 1 heterocycles. The van der Waals surface area contributed by atoms with Gasteiger partial charge in [0.15, 0.2) is 11.5 Å². The second-order valence-electron chi connectivity index (χ2n) is 5.06. The summed E-state index contributed by atoms with van der Waals surface area (Å²) >= 11 is 0. The van der Waals surface area contributed by atoms with Crippen LogP contribution in [0.1, 0.15) is 13.8 Å². The number of ether oxygens (including phenoxy) is 2. The van der Waals surface area contributed by atoms with Gasteiger partial charge in [-0.1, -0.05) is 13.8 Å². The molecule has 1 aliphatic rings. The van der Waals surface area contributed by atoms with E-state index in [9.17, 15) is 9.59 Å². The standard InChI is InChI=1S/C14H18N2O5/c1-8(2)13(14(18)19)15-6-12(17)16-9-3-4-10-11(5-9)21-7-20-10/h3-5,8,13,15H,6-7H2,1-2H3,(H,16,17)(H,18,19). The van der Waals surface area contributed by atoms with Crippen molar-refractivity contribution in [3.05, 3.63) is 18.2 Å². The lowest BCUT2D eigenvalue weighted by molar-refractivity contribution is -0.140. The highest BCUT2D eigenvalue weighted by Crippen LogP contribution is 2.34. The van der Waals surface area contributed by atoms with Gasteiger partial charge >= 0.3 is 5.97 Å². The van der Waals surface area contributed by atoms with E-state index in [4.69, 9.17) is 14.6 Å². The lowest BCUT2D eigenvalue weighted by atomic mass is 10.1. The highest BCUT2D eigenvalue weighted by molar-refractivity contribution is 5.93. The van der Waals surface area contributed by atoms with Crippen molar-refractivity contribution in [2.75, 3.05) is 18.7 Å². The maximum atomic E-state index is 11.8. The van der Waals surface area contributed by atoms with Crippen molar-refractivity contribution in [1.82, 2.24) is 5.32 Å². The Bertz CT molecular complexity index is 544. The molecular weight excluding hydrogens is 276 g/mol. The number of aliphatic carboxylic acids is 1. The number of nitrogens with one attached hydrogen (secondary N) is 2. The largest absolute Gasteiger partial charge is 0.480 e. The van der Waals surface area contributed by atoms with Crippen molar-refractivity contribution in [2.45, 2.75) is 19.9 Å². The monoisotopic (exact) mass is 294 g/mol. The molecule has 1 atom stereocenters. The van der Waals surface area contributed by atoms with Gasteiger partial charge in [0.2, 0.25) is 12.7 Å². The van der Waals surface area contributed by atoms with E-state index in [2.05, 4.69) is 10.6 Å². The van der Waals surface area contributed by atoms with Gasteiger partial charge in [0.05, 0.1) is 6.54 Å². The van der Waals surface area contributed by atoms with Crippen LogP contribution in [-0.4, -0.2) is 36.4 Å². The van der Waals surface area contributed by atoms with Crippen molar-refractivity contribution in [3.63, 3.8) is 0 Å². The second kappa shape index (κ2) is 6.45. The fourth-order valence-electron chi connectivity index (χ4n) is 1.99.